The molecule has 1 aromatic rings. The quantitative estimate of drug-likeness (QED) is 0.785. The molecule has 3 N–H and O–H groups in total. The molecule has 0 saturated carbocycles. The number of rotatable bonds is 2. The minimum Gasteiger partial charge on any atom is -0.366 e. The first-order valence-corrected chi connectivity index (χ1v) is 3.82. The van der Waals surface area contributed by atoms with Gasteiger partial charge < -0.3 is 10.7 Å². The summed E-state index contributed by atoms with van der Waals surface area (Å²) in [4.78, 5) is 23.6. The molecule has 1 aromatic heterocycles. The van der Waals surface area contributed by atoms with E-state index < -0.39 is 34.0 Å². The number of pyridine rings is 1. The third-order valence-corrected chi connectivity index (χ3v) is 1.93. The highest BCUT2D eigenvalue weighted by molar-refractivity contribution is 6.31. The van der Waals surface area contributed by atoms with Crippen molar-refractivity contribution < 1.29 is 13.6 Å². The first-order valence-electron chi connectivity index (χ1n) is 3.44. The van der Waals surface area contributed by atoms with Crippen LogP contribution in [0.5, 0.6) is 0 Å². The molecule has 0 aliphatic rings. The highest BCUT2D eigenvalue weighted by atomic mass is 35.5. The summed E-state index contributed by atoms with van der Waals surface area (Å²) in [6.07, 6.45) is -2.20. The number of aromatic amines is 1. The Labute approximate surface area is 81.7 Å². The highest BCUT2D eigenvalue weighted by Gasteiger charge is 2.22. The van der Waals surface area contributed by atoms with Crippen molar-refractivity contribution in [2.24, 2.45) is 5.73 Å². The van der Waals surface area contributed by atoms with Gasteiger partial charge in [0.15, 0.2) is 0 Å². The van der Waals surface area contributed by atoms with Gasteiger partial charge >= 0.3 is 0 Å². The van der Waals surface area contributed by atoms with Gasteiger partial charge in [0.2, 0.25) is 0 Å². The summed E-state index contributed by atoms with van der Waals surface area (Å²) in [7, 11) is 0. The number of halogens is 3. The molecule has 14 heavy (non-hydrogen) atoms. The monoisotopic (exact) mass is 222 g/mol. The number of primary amides is 1. The lowest BCUT2D eigenvalue weighted by Gasteiger charge is -2.06. The first kappa shape index (κ1) is 10.6. The standard InChI is InChI=1S/C7H5ClF2N2O2/c8-4-3(5(9)10)2(6(11)13)1-12-7(4)14/h1,5H,(H2,11,13)(H,12,14). The molecule has 1 rings (SSSR count). The van der Waals surface area contributed by atoms with Crippen LogP contribution < -0.4 is 11.3 Å². The van der Waals surface area contributed by atoms with Crippen molar-refractivity contribution in [3.63, 3.8) is 0 Å². The van der Waals surface area contributed by atoms with Crippen LogP contribution in [0.4, 0.5) is 8.78 Å². The van der Waals surface area contributed by atoms with Crippen LogP contribution in [0.2, 0.25) is 5.02 Å². The summed E-state index contributed by atoms with van der Waals surface area (Å²) in [5.74, 6) is -1.07. The second-order valence-corrected chi connectivity index (χ2v) is 2.80. The third-order valence-electron chi connectivity index (χ3n) is 1.56. The molecule has 0 unspecified atom stereocenters. The number of amides is 1. The lowest BCUT2D eigenvalue weighted by Crippen LogP contribution is -2.19. The molecule has 0 atom stereocenters. The topological polar surface area (TPSA) is 76.0 Å². The van der Waals surface area contributed by atoms with E-state index in [1.54, 1.807) is 0 Å². The van der Waals surface area contributed by atoms with Crippen molar-refractivity contribution >= 4 is 17.5 Å². The zero-order valence-electron chi connectivity index (χ0n) is 6.68. The minimum atomic E-state index is -3.02. The van der Waals surface area contributed by atoms with E-state index >= 15 is 0 Å². The Balaban J connectivity index is 3.53. The largest absolute Gasteiger partial charge is 0.366 e. The van der Waals surface area contributed by atoms with E-state index in [1.807, 2.05) is 4.98 Å². The molecule has 7 heteroatoms. The fourth-order valence-corrected chi connectivity index (χ4v) is 1.18. The van der Waals surface area contributed by atoms with Gasteiger partial charge in [-0.25, -0.2) is 8.78 Å². The molecule has 0 bridgehead atoms. The van der Waals surface area contributed by atoms with Crippen molar-refractivity contribution in [2.75, 3.05) is 0 Å². The molecule has 0 aliphatic heterocycles. The van der Waals surface area contributed by atoms with Crippen molar-refractivity contribution in [1.82, 2.24) is 4.98 Å². The van der Waals surface area contributed by atoms with Gasteiger partial charge in [-0.2, -0.15) is 0 Å². The average Bonchev–Trinajstić information content (AvgIpc) is 2.08. The number of hydrogen-bond acceptors (Lipinski definition) is 2. The molecule has 0 spiro atoms. The number of aromatic nitrogens is 1. The first-order chi connectivity index (χ1) is 6.45. The van der Waals surface area contributed by atoms with Crippen LogP contribution >= 0.6 is 11.6 Å². The van der Waals surface area contributed by atoms with Crippen molar-refractivity contribution in [3.05, 3.63) is 32.7 Å². The smallest absolute Gasteiger partial charge is 0.267 e. The Bertz CT molecular complexity index is 430. The molecule has 0 aliphatic carbocycles. The predicted octanol–water partition coefficient (Wildman–Crippen LogP) is 1.06. The van der Waals surface area contributed by atoms with Crippen LogP contribution in [0.3, 0.4) is 0 Å². The maximum Gasteiger partial charge on any atom is 0.267 e. The van der Waals surface area contributed by atoms with Gasteiger partial charge in [-0.15, -0.1) is 0 Å². The van der Waals surface area contributed by atoms with E-state index in [0.29, 0.717) is 0 Å². The number of H-pyrrole nitrogens is 1. The normalized spacial score (nSPS) is 10.6. The molecule has 0 fully saturated rings. The summed E-state index contributed by atoms with van der Waals surface area (Å²) in [6.45, 7) is 0. The Hall–Kier alpha value is -1.43. The fraction of sp³-hybridized carbons (Fsp3) is 0.143. The van der Waals surface area contributed by atoms with Crippen molar-refractivity contribution in [2.45, 2.75) is 6.43 Å². The summed E-state index contributed by atoms with van der Waals surface area (Å²) in [5.41, 5.74) is 2.62. The average molecular weight is 223 g/mol. The summed E-state index contributed by atoms with van der Waals surface area (Å²) in [6, 6.07) is 0. The van der Waals surface area contributed by atoms with Crippen LogP contribution in [0.1, 0.15) is 22.3 Å². The number of carbonyl (C=O) groups is 1. The van der Waals surface area contributed by atoms with Gasteiger partial charge in [-0.05, 0) is 0 Å². The second kappa shape index (κ2) is 3.75. The number of nitrogens with one attached hydrogen (secondary N) is 1. The van der Waals surface area contributed by atoms with E-state index in [2.05, 4.69) is 0 Å². The van der Waals surface area contributed by atoms with E-state index in [9.17, 15) is 18.4 Å². The third kappa shape index (κ3) is 1.74. The van der Waals surface area contributed by atoms with Gasteiger partial charge in [0, 0.05) is 6.20 Å². The van der Waals surface area contributed by atoms with Gasteiger partial charge in [0.25, 0.3) is 17.9 Å². The van der Waals surface area contributed by atoms with Gasteiger partial charge in [-0.3, -0.25) is 9.59 Å². The van der Waals surface area contributed by atoms with Crippen LogP contribution in [0, 0.1) is 0 Å². The number of nitrogens with two attached hydrogens (primary N) is 1. The molecule has 1 heterocycles. The summed E-state index contributed by atoms with van der Waals surface area (Å²) in [5, 5.41) is -0.712. The van der Waals surface area contributed by atoms with E-state index in [-0.39, 0.29) is 0 Å². The second-order valence-electron chi connectivity index (χ2n) is 2.42. The van der Waals surface area contributed by atoms with Crippen LogP contribution in [0.25, 0.3) is 0 Å². The Morgan fingerprint density at radius 3 is 2.57 bits per heavy atom. The summed E-state index contributed by atoms with van der Waals surface area (Å²) < 4.78 is 24.8. The van der Waals surface area contributed by atoms with E-state index in [0.717, 1.165) is 6.20 Å². The van der Waals surface area contributed by atoms with E-state index in [4.69, 9.17) is 17.3 Å². The zero-order valence-corrected chi connectivity index (χ0v) is 7.44. The lowest BCUT2D eigenvalue weighted by molar-refractivity contribution is 0.0985. The molecular formula is C7H5ClF2N2O2. The van der Waals surface area contributed by atoms with Crippen LogP contribution in [-0.2, 0) is 0 Å². The van der Waals surface area contributed by atoms with Gasteiger partial charge in [0.05, 0.1) is 11.1 Å². The number of alkyl halides is 2. The van der Waals surface area contributed by atoms with Crippen molar-refractivity contribution in [1.29, 1.82) is 0 Å². The number of carbonyl (C=O) groups excluding carboxylic acids is 1. The molecule has 76 valence electrons. The Kier molecular flexibility index (Phi) is 2.85. The SMILES string of the molecule is NC(=O)c1c[nH]c(=O)c(Cl)c1C(F)F. The Morgan fingerprint density at radius 2 is 2.14 bits per heavy atom. The predicted molar refractivity (Wildman–Crippen MR) is 45.5 cm³/mol. The molecule has 4 nitrogen and oxygen atoms in total. The molecular weight excluding hydrogens is 218 g/mol. The molecule has 0 aromatic carbocycles. The highest BCUT2D eigenvalue weighted by Crippen LogP contribution is 2.26. The molecule has 0 saturated heterocycles. The number of hydrogen-bond donors (Lipinski definition) is 2. The van der Waals surface area contributed by atoms with Gasteiger partial charge in [0.1, 0.15) is 5.02 Å². The maximum atomic E-state index is 12.4. The summed E-state index contributed by atoms with van der Waals surface area (Å²) >= 11 is 5.31. The van der Waals surface area contributed by atoms with Crippen LogP contribution in [-0.4, -0.2) is 10.9 Å². The van der Waals surface area contributed by atoms with Crippen molar-refractivity contribution in [3.8, 4) is 0 Å². The Morgan fingerprint density at radius 1 is 1.57 bits per heavy atom. The molecule has 0 radical (unpaired) electrons. The maximum absolute atomic E-state index is 12.4. The minimum absolute atomic E-state index is 0.482. The van der Waals surface area contributed by atoms with Gasteiger partial charge in [-0.1, -0.05) is 11.6 Å². The lowest BCUT2D eigenvalue weighted by atomic mass is 10.1. The van der Waals surface area contributed by atoms with E-state index in [1.165, 1.54) is 0 Å². The van der Waals surface area contributed by atoms with Crippen LogP contribution in [0.15, 0.2) is 11.0 Å². The fourth-order valence-electron chi connectivity index (χ4n) is 0.937. The molecule has 1 amide bonds. The zero-order chi connectivity index (χ0) is 10.9.